The molecular weight excluding hydrogens is 295 g/mol. The molecule has 0 bridgehead atoms. The molecule has 2 aromatic rings. The Morgan fingerprint density at radius 2 is 2.22 bits per heavy atom. The fourth-order valence-electron chi connectivity index (χ4n) is 3.01. The van der Waals surface area contributed by atoms with Gasteiger partial charge in [-0.15, -0.1) is 0 Å². The summed E-state index contributed by atoms with van der Waals surface area (Å²) in [4.78, 5) is 14.4. The molecule has 1 unspecified atom stereocenters. The maximum Gasteiger partial charge on any atom is 0.227 e. The Hall–Kier alpha value is -2.17. The van der Waals surface area contributed by atoms with Crippen LogP contribution in [-0.4, -0.2) is 22.5 Å². The number of benzene rings is 1. The highest BCUT2D eigenvalue weighted by Crippen LogP contribution is 2.33. The molecule has 2 heterocycles. The van der Waals surface area contributed by atoms with Crippen LogP contribution < -0.4 is 0 Å². The molecule has 23 heavy (non-hydrogen) atoms. The van der Waals surface area contributed by atoms with E-state index in [9.17, 15) is 9.18 Å². The first kappa shape index (κ1) is 15.7. The number of rotatable bonds is 4. The fraction of sp³-hybridized carbons (Fsp3) is 0.444. The van der Waals surface area contributed by atoms with Gasteiger partial charge in [-0.3, -0.25) is 4.79 Å². The van der Waals surface area contributed by atoms with Crippen LogP contribution >= 0.6 is 0 Å². The topological polar surface area (TPSA) is 46.3 Å². The number of amides is 1. The molecule has 1 aromatic heterocycles. The third-order valence-electron chi connectivity index (χ3n) is 4.33. The Morgan fingerprint density at radius 3 is 2.91 bits per heavy atom. The molecule has 0 aliphatic carbocycles. The molecule has 1 aromatic carbocycles. The number of nitrogens with zero attached hydrogens (tertiary/aromatic N) is 2. The zero-order chi connectivity index (χ0) is 16.4. The summed E-state index contributed by atoms with van der Waals surface area (Å²) in [6.07, 6.45) is 1.88. The Morgan fingerprint density at radius 1 is 1.43 bits per heavy atom. The SMILES string of the molecule is CC(C)c1cc(C2CCCN2C(=O)Cc2ccccc2F)no1. The summed E-state index contributed by atoms with van der Waals surface area (Å²) in [5, 5.41) is 4.13. The van der Waals surface area contributed by atoms with Gasteiger partial charge in [0.25, 0.3) is 0 Å². The van der Waals surface area contributed by atoms with E-state index in [-0.39, 0.29) is 30.1 Å². The van der Waals surface area contributed by atoms with E-state index < -0.39 is 0 Å². The van der Waals surface area contributed by atoms with E-state index in [0.29, 0.717) is 12.1 Å². The second-order valence-electron chi connectivity index (χ2n) is 6.32. The van der Waals surface area contributed by atoms with Gasteiger partial charge in [0.1, 0.15) is 17.3 Å². The van der Waals surface area contributed by atoms with Gasteiger partial charge < -0.3 is 9.42 Å². The van der Waals surface area contributed by atoms with Gasteiger partial charge in [-0.2, -0.15) is 0 Å². The van der Waals surface area contributed by atoms with Crippen molar-refractivity contribution in [2.75, 3.05) is 6.54 Å². The molecule has 0 radical (unpaired) electrons. The van der Waals surface area contributed by atoms with Gasteiger partial charge in [-0.05, 0) is 24.5 Å². The first-order valence-electron chi connectivity index (χ1n) is 8.05. The van der Waals surface area contributed by atoms with E-state index in [1.54, 1.807) is 23.1 Å². The molecule has 1 atom stereocenters. The number of halogens is 1. The summed E-state index contributed by atoms with van der Waals surface area (Å²) >= 11 is 0. The van der Waals surface area contributed by atoms with Crippen molar-refractivity contribution in [3.63, 3.8) is 0 Å². The van der Waals surface area contributed by atoms with Gasteiger partial charge in [0.05, 0.1) is 12.5 Å². The average Bonchev–Trinajstić information content (AvgIpc) is 3.17. The lowest BCUT2D eigenvalue weighted by Gasteiger charge is -2.23. The lowest BCUT2D eigenvalue weighted by Crippen LogP contribution is -2.32. The van der Waals surface area contributed by atoms with Crippen molar-refractivity contribution >= 4 is 5.91 Å². The highest BCUT2D eigenvalue weighted by Gasteiger charge is 2.32. The van der Waals surface area contributed by atoms with E-state index >= 15 is 0 Å². The highest BCUT2D eigenvalue weighted by molar-refractivity contribution is 5.79. The molecule has 0 N–H and O–H groups in total. The molecule has 3 rings (SSSR count). The smallest absolute Gasteiger partial charge is 0.227 e. The Bertz CT molecular complexity index is 696. The summed E-state index contributed by atoms with van der Waals surface area (Å²) in [5.74, 6) is 0.695. The van der Waals surface area contributed by atoms with Gasteiger partial charge in [-0.25, -0.2) is 4.39 Å². The standard InChI is InChI=1S/C18H21FN2O2/c1-12(2)17-11-15(20-23-17)16-8-5-9-21(16)18(22)10-13-6-3-4-7-14(13)19/h3-4,6-7,11-12,16H,5,8-10H2,1-2H3. The summed E-state index contributed by atoms with van der Waals surface area (Å²) < 4.78 is 19.1. The van der Waals surface area contributed by atoms with Crippen molar-refractivity contribution in [3.05, 3.63) is 53.2 Å². The summed E-state index contributed by atoms with van der Waals surface area (Å²) in [5.41, 5.74) is 1.24. The van der Waals surface area contributed by atoms with Gasteiger partial charge in [0, 0.05) is 18.5 Å². The Kier molecular flexibility index (Phi) is 4.46. The summed E-state index contributed by atoms with van der Waals surface area (Å²) in [7, 11) is 0. The number of likely N-dealkylation sites (tertiary alicyclic amines) is 1. The predicted molar refractivity (Wildman–Crippen MR) is 84.4 cm³/mol. The van der Waals surface area contributed by atoms with Crippen LogP contribution in [0.4, 0.5) is 4.39 Å². The van der Waals surface area contributed by atoms with Gasteiger partial charge in [0.15, 0.2) is 0 Å². The molecule has 4 nitrogen and oxygen atoms in total. The van der Waals surface area contributed by atoms with Crippen LogP contribution in [0.5, 0.6) is 0 Å². The van der Waals surface area contributed by atoms with Crippen molar-refractivity contribution < 1.29 is 13.7 Å². The molecule has 1 aliphatic rings. The molecule has 122 valence electrons. The molecule has 1 saturated heterocycles. The molecular formula is C18H21FN2O2. The van der Waals surface area contributed by atoms with Crippen LogP contribution in [0.3, 0.4) is 0 Å². The number of carbonyl (C=O) groups is 1. The van der Waals surface area contributed by atoms with Crippen LogP contribution in [0.15, 0.2) is 34.9 Å². The quantitative estimate of drug-likeness (QED) is 0.861. The van der Waals surface area contributed by atoms with Gasteiger partial charge in [-0.1, -0.05) is 37.2 Å². The highest BCUT2D eigenvalue weighted by atomic mass is 19.1. The molecule has 0 spiro atoms. The first-order chi connectivity index (χ1) is 11.1. The summed E-state index contributed by atoms with van der Waals surface area (Å²) in [6.45, 7) is 4.77. The largest absolute Gasteiger partial charge is 0.361 e. The van der Waals surface area contributed by atoms with Crippen LogP contribution in [0.25, 0.3) is 0 Å². The van der Waals surface area contributed by atoms with Crippen molar-refractivity contribution in [2.24, 2.45) is 0 Å². The van der Waals surface area contributed by atoms with Crippen LogP contribution in [0, 0.1) is 5.82 Å². The normalized spacial score (nSPS) is 17.9. The van der Waals surface area contributed by atoms with E-state index in [1.165, 1.54) is 6.07 Å². The first-order valence-corrected chi connectivity index (χ1v) is 8.05. The van der Waals surface area contributed by atoms with Crippen molar-refractivity contribution in [2.45, 2.75) is 45.1 Å². The van der Waals surface area contributed by atoms with Gasteiger partial charge in [0.2, 0.25) is 5.91 Å². The molecule has 1 fully saturated rings. The molecule has 5 heteroatoms. The van der Waals surface area contributed by atoms with Crippen LogP contribution in [0.1, 0.15) is 55.7 Å². The maximum atomic E-state index is 13.8. The number of carbonyl (C=O) groups excluding carboxylic acids is 1. The van der Waals surface area contributed by atoms with E-state index in [1.807, 2.05) is 19.9 Å². The lowest BCUT2D eigenvalue weighted by atomic mass is 10.1. The van der Waals surface area contributed by atoms with E-state index in [2.05, 4.69) is 5.16 Å². The fourth-order valence-corrected chi connectivity index (χ4v) is 3.01. The van der Waals surface area contributed by atoms with Crippen molar-refractivity contribution in [1.82, 2.24) is 10.1 Å². The minimum atomic E-state index is -0.333. The van der Waals surface area contributed by atoms with Crippen molar-refractivity contribution in [3.8, 4) is 0 Å². The number of aromatic nitrogens is 1. The third-order valence-corrected chi connectivity index (χ3v) is 4.33. The predicted octanol–water partition coefficient (Wildman–Crippen LogP) is 3.84. The van der Waals surface area contributed by atoms with Crippen LogP contribution in [-0.2, 0) is 11.2 Å². The van der Waals surface area contributed by atoms with E-state index in [4.69, 9.17) is 4.52 Å². The average molecular weight is 316 g/mol. The Labute approximate surface area is 135 Å². The molecule has 1 aliphatic heterocycles. The monoisotopic (exact) mass is 316 g/mol. The zero-order valence-corrected chi connectivity index (χ0v) is 13.5. The van der Waals surface area contributed by atoms with Crippen molar-refractivity contribution in [1.29, 1.82) is 0 Å². The van der Waals surface area contributed by atoms with Gasteiger partial charge >= 0.3 is 0 Å². The minimum Gasteiger partial charge on any atom is -0.361 e. The number of hydrogen-bond acceptors (Lipinski definition) is 3. The number of hydrogen-bond donors (Lipinski definition) is 0. The van der Waals surface area contributed by atoms with E-state index in [0.717, 1.165) is 24.3 Å². The van der Waals surface area contributed by atoms with Crippen LogP contribution in [0.2, 0.25) is 0 Å². The zero-order valence-electron chi connectivity index (χ0n) is 13.5. The second kappa shape index (κ2) is 6.52. The maximum absolute atomic E-state index is 13.8. The lowest BCUT2D eigenvalue weighted by molar-refractivity contribution is -0.131. The second-order valence-corrected chi connectivity index (χ2v) is 6.32. The third kappa shape index (κ3) is 3.28. The minimum absolute atomic E-state index is 0.0632. The molecule has 1 amide bonds. The molecule has 0 saturated carbocycles. The Balaban J connectivity index is 1.75. The summed E-state index contributed by atoms with van der Waals surface area (Å²) in [6, 6.07) is 8.29.